The highest BCUT2D eigenvalue weighted by atomic mass is 16.5. The van der Waals surface area contributed by atoms with Crippen LogP contribution in [-0.2, 0) is 9.53 Å². The van der Waals surface area contributed by atoms with Crippen LogP contribution in [0.5, 0.6) is 5.75 Å². The molecular formula is C14H18O6. The minimum Gasteiger partial charge on any atom is -0.493 e. The third kappa shape index (κ3) is 3.79. The molecule has 6 nitrogen and oxygen atoms in total. The lowest BCUT2D eigenvalue weighted by molar-refractivity contribution is -0.159. The Labute approximate surface area is 116 Å². The summed E-state index contributed by atoms with van der Waals surface area (Å²) < 4.78 is 9.86. The van der Waals surface area contributed by atoms with Crippen molar-refractivity contribution >= 4 is 12.3 Å². The fourth-order valence-electron chi connectivity index (χ4n) is 1.67. The predicted octanol–water partition coefficient (Wildman–Crippen LogP) is 0.855. The molecule has 0 saturated heterocycles. The maximum atomic E-state index is 11.4. The van der Waals surface area contributed by atoms with Crippen LogP contribution in [0, 0.1) is 0 Å². The van der Waals surface area contributed by atoms with Gasteiger partial charge in [0.15, 0.2) is 12.4 Å². The molecule has 0 fully saturated rings. The lowest BCUT2D eigenvalue weighted by Crippen LogP contribution is -2.30. The maximum absolute atomic E-state index is 11.4. The SMILES string of the molecule is CCOC(=O)C(O)C(O)c1ccc(OCC)c(C=O)c1. The van der Waals surface area contributed by atoms with Crippen LogP contribution >= 0.6 is 0 Å². The Kier molecular flexibility index (Phi) is 6.14. The molecule has 0 aliphatic heterocycles. The van der Waals surface area contributed by atoms with Crippen LogP contribution in [0.4, 0.5) is 0 Å². The second-order valence-electron chi connectivity index (χ2n) is 3.99. The van der Waals surface area contributed by atoms with E-state index in [1.807, 2.05) is 0 Å². The monoisotopic (exact) mass is 282 g/mol. The Morgan fingerprint density at radius 2 is 2.00 bits per heavy atom. The minimum absolute atomic E-state index is 0.103. The zero-order valence-electron chi connectivity index (χ0n) is 11.4. The molecule has 2 unspecified atom stereocenters. The van der Waals surface area contributed by atoms with Gasteiger partial charge in [-0.2, -0.15) is 0 Å². The number of aldehydes is 1. The summed E-state index contributed by atoms with van der Waals surface area (Å²) in [6.07, 6.45) is -2.59. The molecule has 2 N–H and O–H groups in total. The predicted molar refractivity (Wildman–Crippen MR) is 70.6 cm³/mol. The van der Waals surface area contributed by atoms with Crippen LogP contribution in [-0.4, -0.2) is 41.8 Å². The van der Waals surface area contributed by atoms with Crippen LogP contribution < -0.4 is 4.74 Å². The van der Waals surface area contributed by atoms with Crippen molar-refractivity contribution in [2.24, 2.45) is 0 Å². The van der Waals surface area contributed by atoms with Gasteiger partial charge in [0.2, 0.25) is 0 Å². The molecule has 1 rings (SSSR count). The summed E-state index contributed by atoms with van der Waals surface area (Å²) in [6.45, 7) is 3.87. The van der Waals surface area contributed by atoms with E-state index in [0.717, 1.165) is 0 Å². The van der Waals surface area contributed by atoms with Crippen LogP contribution in [0.25, 0.3) is 0 Å². The molecule has 6 heteroatoms. The molecule has 110 valence electrons. The second kappa shape index (κ2) is 7.62. The lowest BCUT2D eigenvalue weighted by Gasteiger charge is -2.17. The molecule has 1 aromatic carbocycles. The van der Waals surface area contributed by atoms with E-state index in [9.17, 15) is 19.8 Å². The van der Waals surface area contributed by atoms with Crippen LogP contribution in [0.1, 0.15) is 35.9 Å². The molecule has 0 amide bonds. The smallest absolute Gasteiger partial charge is 0.338 e. The summed E-state index contributed by atoms with van der Waals surface area (Å²) in [5.74, 6) is -0.536. The van der Waals surface area contributed by atoms with Crippen molar-refractivity contribution < 1.29 is 29.3 Å². The highest BCUT2D eigenvalue weighted by Gasteiger charge is 2.27. The molecule has 0 aliphatic carbocycles. The van der Waals surface area contributed by atoms with Crippen molar-refractivity contribution in [3.8, 4) is 5.75 Å². The molecule has 0 aliphatic rings. The molecule has 0 spiro atoms. The van der Waals surface area contributed by atoms with Gasteiger partial charge in [-0.05, 0) is 31.5 Å². The van der Waals surface area contributed by atoms with E-state index in [1.54, 1.807) is 13.8 Å². The number of aliphatic hydroxyl groups is 2. The molecule has 20 heavy (non-hydrogen) atoms. The highest BCUT2D eigenvalue weighted by Crippen LogP contribution is 2.24. The number of aliphatic hydroxyl groups excluding tert-OH is 2. The molecule has 0 heterocycles. The van der Waals surface area contributed by atoms with Crippen molar-refractivity contribution in [1.29, 1.82) is 0 Å². The average molecular weight is 282 g/mol. The number of ether oxygens (including phenoxy) is 2. The van der Waals surface area contributed by atoms with E-state index >= 15 is 0 Å². The highest BCUT2D eigenvalue weighted by molar-refractivity contribution is 5.80. The quantitative estimate of drug-likeness (QED) is 0.569. The van der Waals surface area contributed by atoms with E-state index in [-0.39, 0.29) is 17.7 Å². The number of hydrogen-bond acceptors (Lipinski definition) is 6. The zero-order valence-corrected chi connectivity index (χ0v) is 11.4. The fourth-order valence-corrected chi connectivity index (χ4v) is 1.67. The van der Waals surface area contributed by atoms with Gasteiger partial charge >= 0.3 is 5.97 Å². The Bertz CT molecular complexity index is 471. The molecule has 2 atom stereocenters. The third-order valence-corrected chi connectivity index (χ3v) is 2.63. The fraction of sp³-hybridized carbons (Fsp3) is 0.429. The Morgan fingerprint density at radius 3 is 2.55 bits per heavy atom. The van der Waals surface area contributed by atoms with Gasteiger partial charge in [-0.3, -0.25) is 4.79 Å². The van der Waals surface area contributed by atoms with Crippen molar-refractivity contribution in [3.63, 3.8) is 0 Å². The first-order chi connectivity index (χ1) is 9.54. The Balaban J connectivity index is 2.96. The summed E-state index contributed by atoms with van der Waals surface area (Å²) in [6, 6.07) is 4.35. The summed E-state index contributed by atoms with van der Waals surface area (Å²) in [5.41, 5.74) is 0.468. The van der Waals surface area contributed by atoms with E-state index in [1.165, 1.54) is 18.2 Å². The first-order valence-electron chi connectivity index (χ1n) is 6.29. The van der Waals surface area contributed by atoms with E-state index < -0.39 is 18.2 Å². The van der Waals surface area contributed by atoms with Gasteiger partial charge in [-0.15, -0.1) is 0 Å². The standard InChI is InChI=1S/C14H18O6/c1-3-19-11-6-5-9(7-10(11)8-15)12(16)13(17)14(18)20-4-2/h5-8,12-13,16-17H,3-4H2,1-2H3. The second-order valence-corrected chi connectivity index (χ2v) is 3.99. The average Bonchev–Trinajstić information content (AvgIpc) is 2.46. The van der Waals surface area contributed by atoms with Gasteiger partial charge in [-0.1, -0.05) is 6.07 Å². The number of carbonyl (C=O) groups is 2. The first kappa shape index (κ1) is 16.1. The molecule has 0 aromatic heterocycles. The van der Waals surface area contributed by atoms with Gasteiger partial charge in [0.25, 0.3) is 0 Å². The summed E-state index contributed by atoms with van der Waals surface area (Å²) in [5, 5.41) is 19.6. The van der Waals surface area contributed by atoms with Gasteiger partial charge in [-0.25, -0.2) is 4.79 Å². The van der Waals surface area contributed by atoms with Crippen molar-refractivity contribution in [1.82, 2.24) is 0 Å². The molecule has 1 aromatic rings. The molecule has 0 bridgehead atoms. The van der Waals surface area contributed by atoms with Crippen LogP contribution in [0.3, 0.4) is 0 Å². The van der Waals surface area contributed by atoms with Gasteiger partial charge in [0, 0.05) is 0 Å². The molecular weight excluding hydrogens is 264 g/mol. The van der Waals surface area contributed by atoms with Crippen LogP contribution in [0.2, 0.25) is 0 Å². The number of esters is 1. The number of hydrogen-bond donors (Lipinski definition) is 2. The lowest BCUT2D eigenvalue weighted by atomic mass is 10.0. The van der Waals surface area contributed by atoms with Gasteiger partial charge in [0.1, 0.15) is 11.9 Å². The largest absolute Gasteiger partial charge is 0.493 e. The van der Waals surface area contributed by atoms with E-state index in [0.29, 0.717) is 18.6 Å². The number of benzene rings is 1. The van der Waals surface area contributed by atoms with Crippen molar-refractivity contribution in [3.05, 3.63) is 29.3 Å². The van der Waals surface area contributed by atoms with Crippen LogP contribution in [0.15, 0.2) is 18.2 Å². The molecule has 0 saturated carbocycles. The first-order valence-corrected chi connectivity index (χ1v) is 6.29. The van der Waals surface area contributed by atoms with E-state index in [2.05, 4.69) is 4.74 Å². The molecule has 0 radical (unpaired) electrons. The normalized spacial score (nSPS) is 13.4. The minimum atomic E-state index is -1.70. The zero-order chi connectivity index (χ0) is 15.1. The summed E-state index contributed by atoms with van der Waals surface area (Å²) in [4.78, 5) is 22.3. The van der Waals surface area contributed by atoms with Gasteiger partial charge < -0.3 is 19.7 Å². The van der Waals surface area contributed by atoms with Crippen molar-refractivity contribution in [2.75, 3.05) is 13.2 Å². The topological polar surface area (TPSA) is 93.1 Å². The number of rotatable bonds is 7. The summed E-state index contributed by atoms with van der Waals surface area (Å²) in [7, 11) is 0. The Morgan fingerprint density at radius 1 is 1.30 bits per heavy atom. The van der Waals surface area contributed by atoms with Crippen molar-refractivity contribution in [2.45, 2.75) is 26.1 Å². The summed E-state index contributed by atoms with van der Waals surface area (Å²) >= 11 is 0. The Hall–Kier alpha value is -1.92. The van der Waals surface area contributed by atoms with Gasteiger partial charge in [0.05, 0.1) is 18.8 Å². The number of carbonyl (C=O) groups excluding carboxylic acids is 2. The third-order valence-electron chi connectivity index (χ3n) is 2.63. The van der Waals surface area contributed by atoms with E-state index in [4.69, 9.17) is 4.74 Å². The maximum Gasteiger partial charge on any atom is 0.338 e.